The van der Waals surface area contributed by atoms with Gasteiger partial charge in [0.2, 0.25) is 0 Å². The molecule has 2 rings (SSSR count). The summed E-state index contributed by atoms with van der Waals surface area (Å²) in [6.07, 6.45) is 4.09. The Morgan fingerprint density at radius 1 is 1.26 bits per heavy atom. The third-order valence-corrected chi connectivity index (χ3v) is 5.51. The van der Waals surface area contributed by atoms with Crippen molar-refractivity contribution in [3.63, 3.8) is 0 Å². The number of guanidine groups is 1. The summed E-state index contributed by atoms with van der Waals surface area (Å²) in [6, 6.07) is 4.33. The van der Waals surface area contributed by atoms with Crippen LogP contribution in [-0.4, -0.2) is 50.6 Å². The molecule has 0 saturated carbocycles. The molecule has 0 aliphatic carbocycles. The zero-order valence-electron chi connectivity index (χ0n) is 14.6. The van der Waals surface area contributed by atoms with E-state index in [2.05, 4.69) is 51.9 Å². The van der Waals surface area contributed by atoms with Crippen LogP contribution in [0.15, 0.2) is 22.5 Å². The van der Waals surface area contributed by atoms with Crippen LogP contribution in [0.2, 0.25) is 0 Å². The van der Waals surface area contributed by atoms with Crippen LogP contribution in [0.5, 0.6) is 0 Å². The second-order valence-corrected chi connectivity index (χ2v) is 7.56. The van der Waals surface area contributed by atoms with E-state index in [0.29, 0.717) is 0 Å². The summed E-state index contributed by atoms with van der Waals surface area (Å²) in [5.41, 5.74) is 0.124. The first-order valence-electron chi connectivity index (χ1n) is 8.33. The van der Waals surface area contributed by atoms with Gasteiger partial charge in [0.05, 0.1) is 0 Å². The Labute approximate surface area is 162 Å². The highest BCUT2D eigenvalue weighted by molar-refractivity contribution is 14.0. The molecule has 0 amide bonds. The molecule has 2 heterocycles. The smallest absolute Gasteiger partial charge is 0.191 e. The molecule has 23 heavy (non-hydrogen) atoms. The number of halogens is 1. The predicted octanol–water partition coefficient (Wildman–Crippen LogP) is 3.29. The van der Waals surface area contributed by atoms with Crippen LogP contribution in [-0.2, 0) is 5.41 Å². The Balaban J connectivity index is 0.00000264. The maximum Gasteiger partial charge on any atom is 0.191 e. The maximum atomic E-state index is 4.33. The standard InChI is InChI=1S/C17H30N4S.HI/c1-17(2,15-8-7-13-22-15)14-20-16(18-3)19-9-12-21-10-5-4-6-11-21;/h7-8,13H,4-6,9-12,14H2,1-3H3,(H2,18,19,20);1H. The predicted molar refractivity (Wildman–Crippen MR) is 112 cm³/mol. The molecule has 0 atom stereocenters. The number of aliphatic imine (C=N–C) groups is 1. The topological polar surface area (TPSA) is 39.7 Å². The van der Waals surface area contributed by atoms with E-state index in [1.807, 2.05) is 18.4 Å². The fourth-order valence-corrected chi connectivity index (χ4v) is 3.64. The number of thiophene rings is 1. The number of piperidine rings is 1. The average Bonchev–Trinajstić information content (AvgIpc) is 3.07. The van der Waals surface area contributed by atoms with Crippen molar-refractivity contribution in [1.29, 1.82) is 0 Å². The van der Waals surface area contributed by atoms with Crippen molar-refractivity contribution in [3.8, 4) is 0 Å². The first-order chi connectivity index (χ1) is 10.6. The molecule has 0 bridgehead atoms. The van der Waals surface area contributed by atoms with Gasteiger partial charge < -0.3 is 15.5 Å². The summed E-state index contributed by atoms with van der Waals surface area (Å²) in [5, 5.41) is 9.04. The monoisotopic (exact) mass is 450 g/mol. The van der Waals surface area contributed by atoms with Gasteiger partial charge >= 0.3 is 0 Å². The number of hydrogen-bond acceptors (Lipinski definition) is 3. The first kappa shape index (κ1) is 20.7. The molecule has 0 radical (unpaired) electrons. The van der Waals surface area contributed by atoms with Crippen molar-refractivity contribution < 1.29 is 0 Å². The van der Waals surface area contributed by atoms with Crippen LogP contribution in [0.25, 0.3) is 0 Å². The summed E-state index contributed by atoms with van der Waals surface area (Å²) >= 11 is 1.82. The Bertz CT molecular complexity index is 453. The lowest BCUT2D eigenvalue weighted by Crippen LogP contribution is -2.45. The van der Waals surface area contributed by atoms with Crippen LogP contribution < -0.4 is 10.6 Å². The molecule has 0 aromatic carbocycles. The number of nitrogens with one attached hydrogen (secondary N) is 2. The van der Waals surface area contributed by atoms with E-state index in [1.54, 1.807) is 0 Å². The summed E-state index contributed by atoms with van der Waals surface area (Å²) in [4.78, 5) is 8.28. The second kappa shape index (κ2) is 10.5. The van der Waals surface area contributed by atoms with Crippen molar-refractivity contribution in [1.82, 2.24) is 15.5 Å². The van der Waals surface area contributed by atoms with Gasteiger partial charge in [-0.2, -0.15) is 0 Å². The SMILES string of the molecule is CN=C(NCCN1CCCCC1)NCC(C)(C)c1cccs1.I. The van der Waals surface area contributed by atoms with Crippen molar-refractivity contribution in [2.45, 2.75) is 38.5 Å². The molecule has 0 unspecified atom stereocenters. The Hall–Kier alpha value is -0.340. The number of nitrogens with zero attached hydrogens (tertiary/aromatic N) is 2. The van der Waals surface area contributed by atoms with Gasteiger partial charge in [-0.3, -0.25) is 4.99 Å². The highest BCUT2D eigenvalue weighted by Gasteiger charge is 2.21. The molecule has 4 nitrogen and oxygen atoms in total. The molecule has 1 aliphatic rings. The molecule has 1 aromatic rings. The summed E-state index contributed by atoms with van der Waals surface area (Å²) in [6.45, 7) is 9.99. The number of hydrogen-bond donors (Lipinski definition) is 2. The van der Waals surface area contributed by atoms with Gasteiger partial charge in [-0.25, -0.2) is 0 Å². The summed E-state index contributed by atoms with van der Waals surface area (Å²) in [7, 11) is 1.84. The molecular weight excluding hydrogens is 419 g/mol. The molecule has 1 aromatic heterocycles. The second-order valence-electron chi connectivity index (χ2n) is 6.62. The average molecular weight is 450 g/mol. The van der Waals surface area contributed by atoms with Crippen LogP contribution >= 0.6 is 35.3 Å². The van der Waals surface area contributed by atoms with E-state index in [0.717, 1.165) is 25.6 Å². The minimum atomic E-state index is 0. The quantitative estimate of drug-likeness (QED) is 0.397. The Morgan fingerprint density at radius 3 is 2.61 bits per heavy atom. The third-order valence-electron chi connectivity index (χ3n) is 4.28. The van der Waals surface area contributed by atoms with Gasteiger partial charge in [0.25, 0.3) is 0 Å². The molecule has 2 N–H and O–H groups in total. The van der Waals surface area contributed by atoms with Gasteiger partial charge in [-0.1, -0.05) is 26.3 Å². The third kappa shape index (κ3) is 6.97. The van der Waals surface area contributed by atoms with Crippen molar-refractivity contribution in [2.24, 2.45) is 4.99 Å². The minimum Gasteiger partial charge on any atom is -0.356 e. The fraction of sp³-hybridized carbons (Fsp3) is 0.706. The van der Waals surface area contributed by atoms with Gasteiger partial charge in [-0.15, -0.1) is 35.3 Å². The van der Waals surface area contributed by atoms with E-state index >= 15 is 0 Å². The largest absolute Gasteiger partial charge is 0.356 e. The zero-order chi connectivity index (χ0) is 15.8. The lowest BCUT2D eigenvalue weighted by Gasteiger charge is -2.27. The highest BCUT2D eigenvalue weighted by Crippen LogP contribution is 2.26. The molecule has 6 heteroatoms. The van der Waals surface area contributed by atoms with Crippen molar-refractivity contribution in [2.75, 3.05) is 39.8 Å². The first-order valence-corrected chi connectivity index (χ1v) is 9.20. The fourth-order valence-electron chi connectivity index (χ4n) is 2.79. The van der Waals surface area contributed by atoms with E-state index in [-0.39, 0.29) is 29.4 Å². The number of likely N-dealkylation sites (tertiary alicyclic amines) is 1. The van der Waals surface area contributed by atoms with Crippen LogP contribution in [0.3, 0.4) is 0 Å². The zero-order valence-corrected chi connectivity index (χ0v) is 17.7. The lowest BCUT2D eigenvalue weighted by molar-refractivity contribution is 0.232. The van der Waals surface area contributed by atoms with Crippen molar-refractivity contribution >= 4 is 41.3 Å². The van der Waals surface area contributed by atoms with E-state index in [9.17, 15) is 0 Å². The molecular formula is C17H31IN4S. The van der Waals surface area contributed by atoms with E-state index in [1.165, 1.54) is 37.2 Å². The van der Waals surface area contributed by atoms with Crippen LogP contribution in [0, 0.1) is 0 Å². The molecule has 132 valence electrons. The van der Waals surface area contributed by atoms with Gasteiger partial charge in [0.1, 0.15) is 0 Å². The Kier molecular flexibility index (Phi) is 9.46. The number of rotatable bonds is 6. The van der Waals surface area contributed by atoms with Crippen LogP contribution in [0.1, 0.15) is 38.0 Å². The van der Waals surface area contributed by atoms with E-state index in [4.69, 9.17) is 0 Å². The maximum absolute atomic E-state index is 4.33. The Morgan fingerprint density at radius 2 is 2.00 bits per heavy atom. The minimum absolute atomic E-state index is 0. The molecule has 1 aliphatic heterocycles. The molecule has 0 spiro atoms. The normalized spacial score (nSPS) is 16.7. The van der Waals surface area contributed by atoms with Gasteiger partial charge in [-0.05, 0) is 37.4 Å². The van der Waals surface area contributed by atoms with Crippen LogP contribution in [0.4, 0.5) is 0 Å². The highest BCUT2D eigenvalue weighted by atomic mass is 127. The summed E-state index contributed by atoms with van der Waals surface area (Å²) in [5.74, 6) is 0.904. The van der Waals surface area contributed by atoms with Crippen molar-refractivity contribution in [3.05, 3.63) is 22.4 Å². The molecule has 1 saturated heterocycles. The molecule has 1 fully saturated rings. The van der Waals surface area contributed by atoms with Gasteiger partial charge in [0, 0.05) is 37.0 Å². The van der Waals surface area contributed by atoms with E-state index < -0.39 is 0 Å². The summed E-state index contributed by atoms with van der Waals surface area (Å²) < 4.78 is 0. The van der Waals surface area contributed by atoms with Gasteiger partial charge in [0.15, 0.2) is 5.96 Å². The lowest BCUT2D eigenvalue weighted by atomic mass is 9.91.